The standard InChI is InChI=1S/C24H29FN2O3S/c1-13-10-15(6-8-17(13)23(29)30-31-26)14(2)27-22(28)19-12-18(19)16-7-9-20(21(25)11-16)24(3,4)5/h6-11,14,18-19H,12,26H2,1-5H3,(H,27,28)/t14-,18?,19?/m1/s1. The smallest absolute Gasteiger partial charge is 0.351 e. The van der Waals surface area contributed by atoms with Crippen molar-refractivity contribution in [1.29, 1.82) is 0 Å². The van der Waals surface area contributed by atoms with Crippen LogP contribution in [0.2, 0.25) is 0 Å². The first kappa shape index (κ1) is 23.3. The molecule has 0 aromatic heterocycles. The Kier molecular flexibility index (Phi) is 6.76. The summed E-state index contributed by atoms with van der Waals surface area (Å²) < 4.78 is 19.3. The summed E-state index contributed by atoms with van der Waals surface area (Å²) in [5, 5.41) is 8.21. The molecule has 5 nitrogen and oxygen atoms in total. The van der Waals surface area contributed by atoms with E-state index in [1.54, 1.807) is 18.2 Å². The average molecular weight is 445 g/mol. The molecule has 0 bridgehead atoms. The molecule has 0 aliphatic heterocycles. The van der Waals surface area contributed by atoms with Crippen molar-refractivity contribution in [3.05, 3.63) is 70.0 Å². The lowest BCUT2D eigenvalue weighted by molar-refractivity contribution is -0.123. The zero-order valence-corrected chi connectivity index (χ0v) is 19.3. The number of nitrogens with one attached hydrogen (secondary N) is 1. The summed E-state index contributed by atoms with van der Waals surface area (Å²) in [5.41, 5.74) is 3.36. The third-order valence-corrected chi connectivity index (χ3v) is 6.06. The highest BCUT2D eigenvalue weighted by Gasteiger charge is 2.44. The van der Waals surface area contributed by atoms with Crippen LogP contribution in [-0.2, 0) is 14.4 Å². The molecular formula is C24H29FN2O3S. The number of hydrogen-bond acceptors (Lipinski definition) is 5. The van der Waals surface area contributed by atoms with Crippen molar-refractivity contribution in [3.8, 4) is 0 Å². The zero-order valence-electron chi connectivity index (χ0n) is 18.5. The summed E-state index contributed by atoms with van der Waals surface area (Å²) >= 11 is 0.513. The number of carbonyl (C=O) groups excluding carboxylic acids is 2. The summed E-state index contributed by atoms with van der Waals surface area (Å²) in [4.78, 5) is 24.6. The molecule has 2 aromatic carbocycles. The van der Waals surface area contributed by atoms with Gasteiger partial charge < -0.3 is 9.50 Å². The van der Waals surface area contributed by atoms with Crippen LogP contribution in [0.4, 0.5) is 4.39 Å². The van der Waals surface area contributed by atoms with Crippen LogP contribution < -0.4 is 10.5 Å². The summed E-state index contributed by atoms with van der Waals surface area (Å²) in [6.45, 7) is 9.65. The molecule has 31 heavy (non-hydrogen) atoms. The van der Waals surface area contributed by atoms with Gasteiger partial charge in [0.1, 0.15) is 18.0 Å². The highest BCUT2D eigenvalue weighted by molar-refractivity contribution is 7.92. The normalized spacial score (nSPS) is 18.9. The van der Waals surface area contributed by atoms with Crippen molar-refractivity contribution in [2.75, 3.05) is 0 Å². The summed E-state index contributed by atoms with van der Waals surface area (Å²) in [6.07, 6.45) is 0.716. The summed E-state index contributed by atoms with van der Waals surface area (Å²) in [5.74, 6) is -0.869. The van der Waals surface area contributed by atoms with Crippen LogP contribution in [0.1, 0.15) is 78.7 Å². The summed E-state index contributed by atoms with van der Waals surface area (Å²) in [7, 11) is 0. The van der Waals surface area contributed by atoms with Gasteiger partial charge in [0, 0.05) is 5.92 Å². The van der Waals surface area contributed by atoms with Gasteiger partial charge in [-0.15, -0.1) is 0 Å². The van der Waals surface area contributed by atoms with Crippen LogP contribution in [0.5, 0.6) is 0 Å². The Morgan fingerprint density at radius 2 is 1.94 bits per heavy atom. The van der Waals surface area contributed by atoms with Gasteiger partial charge in [0.15, 0.2) is 0 Å². The molecule has 3 rings (SSSR count). The first-order valence-corrected chi connectivity index (χ1v) is 11.1. The molecule has 2 unspecified atom stereocenters. The lowest BCUT2D eigenvalue weighted by atomic mass is 9.86. The van der Waals surface area contributed by atoms with E-state index < -0.39 is 5.97 Å². The number of aryl methyl sites for hydroxylation is 1. The van der Waals surface area contributed by atoms with Crippen LogP contribution in [0, 0.1) is 18.7 Å². The molecule has 166 valence electrons. The summed E-state index contributed by atoms with van der Waals surface area (Å²) in [6, 6.07) is 10.4. The molecule has 0 radical (unpaired) electrons. The zero-order chi connectivity index (χ0) is 22.9. The molecule has 1 aliphatic rings. The van der Waals surface area contributed by atoms with Gasteiger partial charge in [-0.3, -0.25) is 4.79 Å². The molecule has 1 saturated carbocycles. The Morgan fingerprint density at radius 1 is 1.23 bits per heavy atom. The second-order valence-electron chi connectivity index (χ2n) is 9.21. The Balaban J connectivity index is 1.63. The number of halogens is 1. The van der Waals surface area contributed by atoms with Crippen molar-refractivity contribution < 1.29 is 18.2 Å². The maximum Gasteiger partial charge on any atom is 0.351 e. The third kappa shape index (κ3) is 5.28. The molecule has 7 heteroatoms. The quantitative estimate of drug-likeness (QED) is 0.479. The fourth-order valence-electron chi connectivity index (χ4n) is 3.90. The fourth-order valence-corrected chi connectivity index (χ4v) is 4.08. The number of benzene rings is 2. The molecular weight excluding hydrogens is 415 g/mol. The van der Waals surface area contributed by atoms with Gasteiger partial charge in [-0.05, 0) is 66.0 Å². The molecule has 3 atom stereocenters. The minimum Gasteiger partial charge on any atom is -0.371 e. The number of nitrogens with two attached hydrogens (primary N) is 1. The highest BCUT2D eigenvalue weighted by atomic mass is 32.2. The number of carbonyl (C=O) groups is 2. The maximum absolute atomic E-state index is 14.5. The predicted molar refractivity (Wildman–Crippen MR) is 121 cm³/mol. The monoisotopic (exact) mass is 444 g/mol. The van der Waals surface area contributed by atoms with E-state index in [0.29, 0.717) is 29.8 Å². The molecule has 0 heterocycles. The number of hydrogen-bond donors (Lipinski definition) is 2. The van der Waals surface area contributed by atoms with Crippen molar-refractivity contribution in [3.63, 3.8) is 0 Å². The van der Waals surface area contributed by atoms with Crippen molar-refractivity contribution in [2.24, 2.45) is 11.1 Å². The lowest BCUT2D eigenvalue weighted by Crippen LogP contribution is -2.28. The van der Waals surface area contributed by atoms with Gasteiger partial charge in [0.25, 0.3) is 0 Å². The van der Waals surface area contributed by atoms with Crippen LogP contribution in [0.3, 0.4) is 0 Å². The van der Waals surface area contributed by atoms with E-state index in [0.717, 1.165) is 16.7 Å². The SMILES string of the molecule is Cc1cc([C@@H](C)NC(=O)C2CC2c2ccc(C(C)(C)C)c(F)c2)ccc1C(=O)OSN. The Hall–Kier alpha value is -2.38. The van der Waals surface area contributed by atoms with Gasteiger partial charge in [0.2, 0.25) is 5.91 Å². The molecule has 0 spiro atoms. The number of amides is 1. The Morgan fingerprint density at radius 3 is 2.52 bits per heavy atom. The van der Waals surface area contributed by atoms with Crippen molar-refractivity contribution >= 4 is 24.1 Å². The fraction of sp³-hybridized carbons (Fsp3) is 0.417. The van der Waals surface area contributed by atoms with Gasteiger partial charge >= 0.3 is 5.97 Å². The maximum atomic E-state index is 14.5. The Bertz CT molecular complexity index is 1000. The second-order valence-corrected chi connectivity index (χ2v) is 9.57. The van der Waals surface area contributed by atoms with E-state index in [4.69, 9.17) is 9.32 Å². The molecule has 3 N–H and O–H groups in total. The van der Waals surface area contributed by atoms with Crippen LogP contribution >= 0.6 is 12.2 Å². The van der Waals surface area contributed by atoms with Crippen LogP contribution in [0.25, 0.3) is 0 Å². The van der Waals surface area contributed by atoms with Gasteiger partial charge in [-0.25, -0.2) is 14.3 Å². The van der Waals surface area contributed by atoms with Crippen molar-refractivity contribution in [1.82, 2.24) is 5.32 Å². The van der Waals surface area contributed by atoms with E-state index in [1.807, 2.05) is 52.8 Å². The first-order chi connectivity index (χ1) is 14.5. The van der Waals surface area contributed by atoms with Gasteiger partial charge in [0.05, 0.1) is 11.6 Å². The van der Waals surface area contributed by atoms with E-state index in [-0.39, 0.29) is 35.0 Å². The molecule has 0 saturated heterocycles. The molecule has 1 fully saturated rings. The molecule has 2 aromatic rings. The van der Waals surface area contributed by atoms with Crippen LogP contribution in [-0.4, -0.2) is 11.9 Å². The topological polar surface area (TPSA) is 81.4 Å². The minimum absolute atomic E-state index is 0.0431. The van der Waals surface area contributed by atoms with Gasteiger partial charge in [-0.1, -0.05) is 45.0 Å². The lowest BCUT2D eigenvalue weighted by Gasteiger charge is -2.20. The highest BCUT2D eigenvalue weighted by Crippen LogP contribution is 2.48. The van der Waals surface area contributed by atoms with E-state index in [9.17, 15) is 14.0 Å². The van der Waals surface area contributed by atoms with Crippen molar-refractivity contribution in [2.45, 2.75) is 58.4 Å². The Labute approximate surface area is 187 Å². The first-order valence-electron chi connectivity index (χ1n) is 10.3. The largest absolute Gasteiger partial charge is 0.371 e. The van der Waals surface area contributed by atoms with E-state index >= 15 is 0 Å². The van der Waals surface area contributed by atoms with E-state index in [1.165, 1.54) is 0 Å². The van der Waals surface area contributed by atoms with Crippen LogP contribution in [0.15, 0.2) is 36.4 Å². The third-order valence-electron chi connectivity index (χ3n) is 5.81. The molecule has 1 aliphatic carbocycles. The average Bonchev–Trinajstić information content (AvgIpc) is 3.48. The predicted octanol–water partition coefficient (Wildman–Crippen LogP) is 5.09. The van der Waals surface area contributed by atoms with E-state index in [2.05, 4.69) is 5.32 Å². The molecule has 1 amide bonds. The number of rotatable bonds is 6. The minimum atomic E-state index is -0.501. The second kappa shape index (κ2) is 9.01. The van der Waals surface area contributed by atoms with Gasteiger partial charge in [-0.2, -0.15) is 0 Å².